The fraction of sp³-hybridized carbons (Fsp3) is 0.194. The molecule has 2 aromatic heterocycles. The second-order valence-electron chi connectivity index (χ2n) is 9.87. The van der Waals surface area contributed by atoms with Crippen LogP contribution >= 0.6 is 22.7 Å². The molecule has 42 heavy (non-hydrogen) atoms. The van der Waals surface area contributed by atoms with Crippen molar-refractivity contribution in [1.82, 2.24) is 9.88 Å². The Morgan fingerprint density at radius 3 is 2.38 bits per heavy atom. The van der Waals surface area contributed by atoms with E-state index in [1.807, 2.05) is 30.3 Å². The Hall–Kier alpha value is -4.06. The third-order valence-electron chi connectivity index (χ3n) is 7.27. The fourth-order valence-electron chi connectivity index (χ4n) is 5.13. The smallest absolute Gasteiger partial charge is 0.264 e. The first-order valence-electron chi connectivity index (χ1n) is 13.5. The molecule has 0 saturated carbocycles. The molecule has 3 aromatic carbocycles. The Bertz CT molecular complexity index is 1860. The molecular weight excluding hydrogens is 589 g/mol. The zero-order valence-corrected chi connectivity index (χ0v) is 25.5. The molecule has 0 bridgehead atoms. The molecule has 3 heterocycles. The molecule has 0 spiro atoms. The van der Waals surface area contributed by atoms with Gasteiger partial charge in [0.2, 0.25) is 5.91 Å². The van der Waals surface area contributed by atoms with E-state index in [9.17, 15) is 18.0 Å². The highest BCUT2D eigenvalue weighted by molar-refractivity contribution is 7.92. The number of fused-ring (bicyclic) bond motifs is 2. The average Bonchev–Trinajstić information content (AvgIpc) is 3.58. The Morgan fingerprint density at radius 2 is 1.69 bits per heavy atom. The fourth-order valence-corrected chi connectivity index (χ4v) is 8.97. The molecule has 2 amide bonds. The maximum atomic E-state index is 13.5. The highest BCUT2D eigenvalue weighted by Gasteiger charge is 2.29. The van der Waals surface area contributed by atoms with E-state index in [1.54, 1.807) is 54.3 Å². The number of thiophene rings is 1. The molecular formula is C31H28N4O4S3. The van der Waals surface area contributed by atoms with Gasteiger partial charge in [-0.3, -0.25) is 13.9 Å². The number of nitrogens with one attached hydrogen (secondary N) is 1. The monoisotopic (exact) mass is 616 g/mol. The molecule has 1 aliphatic rings. The number of hydrogen-bond donors (Lipinski definition) is 1. The predicted molar refractivity (Wildman–Crippen MR) is 169 cm³/mol. The Kier molecular flexibility index (Phi) is 7.56. The number of carbonyl (C=O) groups is 2. The van der Waals surface area contributed by atoms with Crippen molar-refractivity contribution in [2.45, 2.75) is 31.7 Å². The topological polar surface area (TPSA) is 99.7 Å². The highest BCUT2D eigenvalue weighted by atomic mass is 32.2. The molecule has 0 radical (unpaired) electrons. The van der Waals surface area contributed by atoms with Crippen molar-refractivity contribution in [3.8, 4) is 10.6 Å². The number of thiazole rings is 1. The van der Waals surface area contributed by atoms with E-state index in [0.29, 0.717) is 35.8 Å². The number of carbonyl (C=O) groups excluding carboxylic acids is 2. The van der Waals surface area contributed by atoms with Crippen LogP contribution in [0.2, 0.25) is 0 Å². The lowest BCUT2D eigenvalue weighted by Gasteiger charge is -2.26. The van der Waals surface area contributed by atoms with Crippen LogP contribution in [0.3, 0.4) is 0 Å². The third-order valence-corrected chi connectivity index (χ3v) is 11.4. The number of nitrogens with zero attached hydrogens (tertiary/aromatic N) is 3. The minimum absolute atomic E-state index is 0.0186. The van der Waals surface area contributed by atoms with Crippen molar-refractivity contribution in [2.75, 3.05) is 22.7 Å². The minimum atomic E-state index is -3.81. The van der Waals surface area contributed by atoms with Gasteiger partial charge in [0.25, 0.3) is 15.9 Å². The second kappa shape index (κ2) is 11.3. The van der Waals surface area contributed by atoms with Crippen molar-refractivity contribution in [1.29, 1.82) is 0 Å². The highest BCUT2D eigenvalue weighted by Crippen LogP contribution is 2.45. The first-order valence-corrected chi connectivity index (χ1v) is 16.6. The van der Waals surface area contributed by atoms with E-state index in [1.165, 1.54) is 39.9 Å². The molecule has 1 N–H and O–H groups in total. The van der Waals surface area contributed by atoms with Gasteiger partial charge in [-0.2, -0.15) is 0 Å². The standard InChI is InChI=1S/C31H28N4O4S3/c1-3-35(22-9-5-4-6-10-22)42(38,39)23-15-13-21(14-16-23)29(37)33-31-28(30-32-25-11-7-8-12-26(25)40-30)24-17-18-34(20(2)36)19-27(24)41-31/h4-16H,3,17-19H2,1-2H3,(H,33,37). The number of benzene rings is 3. The van der Waals surface area contributed by atoms with E-state index >= 15 is 0 Å². The Balaban J connectivity index is 1.31. The largest absolute Gasteiger partial charge is 0.337 e. The van der Waals surface area contributed by atoms with Gasteiger partial charge in [-0.1, -0.05) is 30.3 Å². The molecule has 0 aliphatic carbocycles. The molecule has 5 aromatic rings. The first-order chi connectivity index (χ1) is 20.3. The molecule has 0 unspecified atom stereocenters. The summed E-state index contributed by atoms with van der Waals surface area (Å²) in [6, 6.07) is 22.8. The summed E-state index contributed by atoms with van der Waals surface area (Å²) >= 11 is 3.03. The molecule has 6 rings (SSSR count). The zero-order chi connectivity index (χ0) is 29.4. The normalized spacial score (nSPS) is 13.1. The lowest BCUT2D eigenvalue weighted by Crippen LogP contribution is -2.33. The summed E-state index contributed by atoms with van der Waals surface area (Å²) in [4.78, 5) is 33.4. The summed E-state index contributed by atoms with van der Waals surface area (Å²) in [5.74, 6) is -0.330. The predicted octanol–water partition coefficient (Wildman–Crippen LogP) is 6.40. The minimum Gasteiger partial charge on any atom is -0.337 e. The number of anilines is 2. The average molecular weight is 617 g/mol. The first kappa shape index (κ1) is 28.1. The molecule has 8 nitrogen and oxygen atoms in total. The van der Waals surface area contributed by atoms with E-state index in [0.717, 1.165) is 31.2 Å². The van der Waals surface area contributed by atoms with Crippen molar-refractivity contribution >= 4 is 65.4 Å². The van der Waals surface area contributed by atoms with Gasteiger partial charge in [0, 0.05) is 36.0 Å². The molecule has 0 atom stereocenters. The quantitative estimate of drug-likeness (QED) is 0.228. The van der Waals surface area contributed by atoms with Gasteiger partial charge in [-0.05, 0) is 67.4 Å². The summed E-state index contributed by atoms with van der Waals surface area (Å²) in [5, 5.41) is 4.57. The lowest BCUT2D eigenvalue weighted by atomic mass is 10.0. The summed E-state index contributed by atoms with van der Waals surface area (Å²) < 4.78 is 29.2. The maximum Gasteiger partial charge on any atom is 0.264 e. The molecule has 1 aliphatic heterocycles. The van der Waals surface area contributed by atoms with Gasteiger partial charge in [0.15, 0.2) is 0 Å². The molecule has 11 heteroatoms. The molecule has 0 saturated heterocycles. The van der Waals surface area contributed by atoms with Crippen LogP contribution in [0.15, 0.2) is 83.8 Å². The van der Waals surface area contributed by atoms with E-state index in [4.69, 9.17) is 4.98 Å². The zero-order valence-electron chi connectivity index (χ0n) is 23.0. The molecule has 214 valence electrons. The summed E-state index contributed by atoms with van der Waals surface area (Å²) in [7, 11) is -3.81. The van der Waals surface area contributed by atoms with Crippen LogP contribution in [0.1, 0.15) is 34.6 Å². The summed E-state index contributed by atoms with van der Waals surface area (Å²) in [6.45, 7) is 4.72. The SMILES string of the molecule is CCN(c1ccccc1)S(=O)(=O)c1ccc(C(=O)Nc2sc3c(c2-c2nc4ccccc4s2)CCN(C(C)=O)C3)cc1. The maximum absolute atomic E-state index is 13.5. The van der Waals surface area contributed by atoms with Gasteiger partial charge in [0.05, 0.1) is 27.3 Å². The summed E-state index contributed by atoms with van der Waals surface area (Å²) in [6.07, 6.45) is 0.675. The van der Waals surface area contributed by atoms with Crippen LogP contribution in [0.25, 0.3) is 20.8 Å². The van der Waals surface area contributed by atoms with Gasteiger partial charge in [-0.25, -0.2) is 13.4 Å². The Morgan fingerprint density at radius 1 is 0.976 bits per heavy atom. The number of para-hydroxylation sites is 2. The molecule has 0 fully saturated rings. The lowest BCUT2D eigenvalue weighted by molar-refractivity contribution is -0.129. The van der Waals surface area contributed by atoms with Crippen LogP contribution in [-0.4, -0.2) is 43.2 Å². The number of rotatable bonds is 7. The van der Waals surface area contributed by atoms with Crippen LogP contribution in [0.4, 0.5) is 10.7 Å². The number of aromatic nitrogens is 1. The van der Waals surface area contributed by atoms with Gasteiger partial charge in [-0.15, -0.1) is 22.7 Å². The van der Waals surface area contributed by atoms with Crippen LogP contribution in [0.5, 0.6) is 0 Å². The number of hydrogen-bond acceptors (Lipinski definition) is 7. The van der Waals surface area contributed by atoms with E-state index < -0.39 is 10.0 Å². The van der Waals surface area contributed by atoms with Crippen molar-refractivity contribution < 1.29 is 18.0 Å². The van der Waals surface area contributed by atoms with E-state index in [-0.39, 0.29) is 23.3 Å². The Labute approximate surface area is 252 Å². The number of amides is 2. The van der Waals surface area contributed by atoms with Gasteiger partial charge in [0.1, 0.15) is 10.0 Å². The van der Waals surface area contributed by atoms with Crippen LogP contribution < -0.4 is 9.62 Å². The second-order valence-corrected chi connectivity index (χ2v) is 13.9. The van der Waals surface area contributed by atoms with Crippen LogP contribution in [0, 0.1) is 0 Å². The van der Waals surface area contributed by atoms with Gasteiger partial charge >= 0.3 is 0 Å². The van der Waals surface area contributed by atoms with Crippen molar-refractivity contribution in [2.24, 2.45) is 0 Å². The number of sulfonamides is 1. The van der Waals surface area contributed by atoms with Crippen LogP contribution in [-0.2, 0) is 27.8 Å². The van der Waals surface area contributed by atoms with Crippen molar-refractivity contribution in [3.63, 3.8) is 0 Å². The summed E-state index contributed by atoms with van der Waals surface area (Å²) in [5.41, 5.74) is 3.81. The van der Waals surface area contributed by atoms with Crippen molar-refractivity contribution in [3.05, 3.63) is 94.9 Å². The van der Waals surface area contributed by atoms with E-state index in [2.05, 4.69) is 5.32 Å². The van der Waals surface area contributed by atoms with Gasteiger partial charge < -0.3 is 10.2 Å². The third kappa shape index (κ3) is 5.19.